The number of carbonyl (C=O) groups excluding carboxylic acids is 1. The minimum Gasteiger partial charge on any atom is -0.395 e. The molecule has 19 heavy (non-hydrogen) atoms. The van der Waals surface area contributed by atoms with Crippen LogP contribution in [-0.4, -0.2) is 51.9 Å². The zero-order valence-corrected chi connectivity index (χ0v) is 11.0. The molecule has 0 amide bonds. The molecule has 0 radical (unpaired) electrons. The molecule has 0 atom stereocenters. The maximum absolute atomic E-state index is 12.0. The Morgan fingerprint density at radius 1 is 1.53 bits per heavy atom. The molecule has 0 bridgehead atoms. The number of nitro groups is 1. The first kappa shape index (κ1) is 15.3. The Morgan fingerprint density at radius 2 is 2.26 bits per heavy atom. The number of carbonyl (C=O) groups is 1. The number of unbranched alkanes of at least 4 members (excludes halogenated alkanes) is 1. The van der Waals surface area contributed by atoms with Gasteiger partial charge in [0.1, 0.15) is 0 Å². The van der Waals surface area contributed by atoms with E-state index in [9.17, 15) is 14.9 Å². The van der Waals surface area contributed by atoms with Gasteiger partial charge in [0, 0.05) is 12.6 Å². The molecule has 0 unspecified atom stereocenters. The molecule has 0 saturated heterocycles. The Kier molecular flexibility index (Phi) is 6.17. The number of aliphatic hydroxyl groups excluding tert-OH is 1. The first-order chi connectivity index (χ1) is 9.08. The average Bonchev–Trinajstić information content (AvgIpc) is 2.86. The van der Waals surface area contributed by atoms with Gasteiger partial charge < -0.3 is 10.1 Å². The summed E-state index contributed by atoms with van der Waals surface area (Å²) in [4.78, 5) is 26.4. The molecule has 1 rings (SSSR count). The predicted molar refractivity (Wildman–Crippen MR) is 70.2 cm³/mol. The molecule has 0 aromatic carbocycles. The number of nitrogens with zero attached hydrogens (tertiary/aromatic N) is 2. The lowest BCUT2D eigenvalue weighted by atomic mass is 10.2. The van der Waals surface area contributed by atoms with Crippen LogP contribution in [0, 0.1) is 10.1 Å². The van der Waals surface area contributed by atoms with Gasteiger partial charge >= 0.3 is 0 Å². The molecule has 0 saturated carbocycles. The molecule has 0 fully saturated rings. The number of Topliss-reactive ketones (excluding diaryl/α,β-unsaturated/α-hetero) is 1. The van der Waals surface area contributed by atoms with Crippen LogP contribution in [0.15, 0.2) is 12.3 Å². The van der Waals surface area contributed by atoms with Gasteiger partial charge in [0.15, 0.2) is 5.78 Å². The largest absolute Gasteiger partial charge is 0.395 e. The van der Waals surface area contributed by atoms with Crippen LogP contribution in [0.1, 0.15) is 30.3 Å². The number of aromatic amines is 1. The van der Waals surface area contributed by atoms with Crippen molar-refractivity contribution in [2.45, 2.75) is 19.8 Å². The number of nitrogens with one attached hydrogen (secondary N) is 1. The normalized spacial score (nSPS) is 10.9. The second-order valence-corrected chi connectivity index (χ2v) is 4.31. The molecule has 0 aliphatic rings. The molecular weight excluding hydrogens is 250 g/mol. The summed E-state index contributed by atoms with van der Waals surface area (Å²) in [5, 5.41) is 19.5. The Hall–Kier alpha value is -1.73. The van der Waals surface area contributed by atoms with Gasteiger partial charge in [0.05, 0.1) is 30.0 Å². The third kappa shape index (κ3) is 4.80. The van der Waals surface area contributed by atoms with E-state index >= 15 is 0 Å². The molecule has 7 heteroatoms. The summed E-state index contributed by atoms with van der Waals surface area (Å²) in [5.41, 5.74) is 0.108. The van der Waals surface area contributed by atoms with Gasteiger partial charge in [-0.25, -0.2) is 0 Å². The van der Waals surface area contributed by atoms with Crippen LogP contribution in [0.5, 0.6) is 0 Å². The van der Waals surface area contributed by atoms with Crippen LogP contribution < -0.4 is 0 Å². The molecule has 0 spiro atoms. The maximum atomic E-state index is 12.0. The third-order valence-electron chi connectivity index (χ3n) is 2.79. The Balaban J connectivity index is 2.61. The van der Waals surface area contributed by atoms with Crippen molar-refractivity contribution in [1.82, 2.24) is 9.88 Å². The van der Waals surface area contributed by atoms with Crippen molar-refractivity contribution in [3.8, 4) is 0 Å². The summed E-state index contributed by atoms with van der Waals surface area (Å²) in [6.07, 6.45) is 3.15. The van der Waals surface area contributed by atoms with E-state index in [1.807, 2.05) is 11.8 Å². The summed E-state index contributed by atoms with van der Waals surface area (Å²) in [5.74, 6) is -0.211. The fourth-order valence-corrected chi connectivity index (χ4v) is 1.73. The number of aromatic nitrogens is 1. The minimum absolute atomic E-state index is 0.0120. The Labute approximate surface area is 111 Å². The summed E-state index contributed by atoms with van der Waals surface area (Å²) in [7, 11) is 0. The zero-order valence-electron chi connectivity index (χ0n) is 11.0. The van der Waals surface area contributed by atoms with E-state index in [1.165, 1.54) is 12.3 Å². The van der Waals surface area contributed by atoms with Crippen LogP contribution in [0.3, 0.4) is 0 Å². The molecule has 106 valence electrons. The zero-order chi connectivity index (χ0) is 14.3. The predicted octanol–water partition coefficient (Wildman–Crippen LogP) is 1.20. The van der Waals surface area contributed by atoms with E-state index < -0.39 is 4.92 Å². The average molecular weight is 269 g/mol. The van der Waals surface area contributed by atoms with E-state index in [4.69, 9.17) is 5.11 Å². The van der Waals surface area contributed by atoms with Crippen LogP contribution in [-0.2, 0) is 0 Å². The molecule has 0 aliphatic heterocycles. The second-order valence-electron chi connectivity index (χ2n) is 4.31. The van der Waals surface area contributed by atoms with Gasteiger partial charge in [-0.3, -0.25) is 19.8 Å². The fraction of sp³-hybridized carbons (Fsp3) is 0.583. The number of H-pyrrole nitrogens is 1. The number of hydrogen-bond donors (Lipinski definition) is 2. The van der Waals surface area contributed by atoms with E-state index in [0.717, 1.165) is 19.4 Å². The smallest absolute Gasteiger partial charge is 0.287 e. The summed E-state index contributed by atoms with van der Waals surface area (Å²) < 4.78 is 0. The lowest BCUT2D eigenvalue weighted by Crippen LogP contribution is -2.33. The van der Waals surface area contributed by atoms with Crippen molar-refractivity contribution in [2.75, 3.05) is 26.2 Å². The van der Waals surface area contributed by atoms with E-state index in [0.29, 0.717) is 6.54 Å². The molecular formula is C12H19N3O4. The van der Waals surface area contributed by atoms with Crippen molar-refractivity contribution in [1.29, 1.82) is 0 Å². The van der Waals surface area contributed by atoms with Crippen LogP contribution >= 0.6 is 0 Å². The highest BCUT2D eigenvalue weighted by Crippen LogP contribution is 2.13. The molecule has 7 nitrogen and oxygen atoms in total. The van der Waals surface area contributed by atoms with Gasteiger partial charge in [-0.2, -0.15) is 0 Å². The highest BCUT2D eigenvalue weighted by atomic mass is 16.6. The molecule has 2 N–H and O–H groups in total. The van der Waals surface area contributed by atoms with Crippen molar-refractivity contribution in [3.63, 3.8) is 0 Å². The number of aliphatic hydroxyl groups is 1. The highest BCUT2D eigenvalue weighted by molar-refractivity contribution is 5.96. The van der Waals surface area contributed by atoms with E-state index in [-0.39, 0.29) is 30.3 Å². The minimum atomic E-state index is -0.546. The third-order valence-corrected chi connectivity index (χ3v) is 2.79. The SMILES string of the molecule is CCCCN(CCO)CC(=O)c1cc([N+](=O)[O-])c[nH]1. The maximum Gasteiger partial charge on any atom is 0.287 e. The molecule has 1 aromatic heterocycles. The lowest BCUT2D eigenvalue weighted by molar-refractivity contribution is -0.384. The van der Waals surface area contributed by atoms with Gasteiger partial charge in [-0.15, -0.1) is 0 Å². The number of rotatable bonds is 9. The van der Waals surface area contributed by atoms with Crippen LogP contribution in [0.25, 0.3) is 0 Å². The van der Waals surface area contributed by atoms with Crippen molar-refractivity contribution in [3.05, 3.63) is 28.1 Å². The van der Waals surface area contributed by atoms with Gasteiger partial charge in [-0.1, -0.05) is 13.3 Å². The quantitative estimate of drug-likeness (QED) is 0.398. The standard InChI is InChI=1S/C12H19N3O4/c1-2-3-4-14(5-6-16)9-12(17)11-7-10(8-13-11)15(18)19/h7-8,13,16H,2-6,9H2,1H3. The van der Waals surface area contributed by atoms with Crippen molar-refractivity contribution in [2.24, 2.45) is 0 Å². The lowest BCUT2D eigenvalue weighted by Gasteiger charge is -2.19. The number of hydrogen-bond acceptors (Lipinski definition) is 5. The van der Waals surface area contributed by atoms with Crippen molar-refractivity contribution >= 4 is 11.5 Å². The summed E-state index contributed by atoms with van der Waals surface area (Å²) in [6, 6.07) is 1.24. The first-order valence-electron chi connectivity index (χ1n) is 6.27. The van der Waals surface area contributed by atoms with Gasteiger partial charge in [0.2, 0.25) is 0 Å². The Morgan fingerprint density at radius 3 is 2.79 bits per heavy atom. The molecule has 0 aliphatic carbocycles. The van der Waals surface area contributed by atoms with Crippen LogP contribution in [0.2, 0.25) is 0 Å². The monoisotopic (exact) mass is 269 g/mol. The number of ketones is 1. The molecule has 1 heterocycles. The fourth-order valence-electron chi connectivity index (χ4n) is 1.73. The van der Waals surface area contributed by atoms with Crippen LogP contribution in [0.4, 0.5) is 5.69 Å². The Bertz CT molecular complexity index is 430. The van der Waals surface area contributed by atoms with Crippen molar-refractivity contribution < 1.29 is 14.8 Å². The second kappa shape index (κ2) is 7.65. The topological polar surface area (TPSA) is 99.5 Å². The highest BCUT2D eigenvalue weighted by Gasteiger charge is 2.17. The van der Waals surface area contributed by atoms with E-state index in [1.54, 1.807) is 0 Å². The molecule has 1 aromatic rings. The summed E-state index contributed by atoms with van der Waals surface area (Å²) >= 11 is 0. The van der Waals surface area contributed by atoms with Gasteiger partial charge in [0.25, 0.3) is 5.69 Å². The van der Waals surface area contributed by atoms with E-state index in [2.05, 4.69) is 4.98 Å². The van der Waals surface area contributed by atoms with Gasteiger partial charge in [-0.05, 0) is 13.0 Å². The summed E-state index contributed by atoms with van der Waals surface area (Å²) in [6.45, 7) is 3.34. The first-order valence-corrected chi connectivity index (χ1v) is 6.27.